The highest BCUT2D eigenvalue weighted by atomic mass is 32.2. The van der Waals surface area contributed by atoms with Gasteiger partial charge in [0.1, 0.15) is 23.4 Å². The van der Waals surface area contributed by atoms with Gasteiger partial charge in [-0.2, -0.15) is 0 Å². The number of hydrogen-bond donors (Lipinski definition) is 0. The molecule has 1 saturated heterocycles. The Balaban J connectivity index is 1.45. The number of likely N-dealkylation sites (tertiary alicyclic amines) is 1. The second-order valence-electron chi connectivity index (χ2n) is 10.6. The average molecular weight is 541 g/mol. The Morgan fingerprint density at radius 1 is 1.05 bits per heavy atom. The van der Waals surface area contributed by atoms with E-state index >= 15 is 0 Å². The van der Waals surface area contributed by atoms with Gasteiger partial charge in [-0.15, -0.1) is 0 Å². The van der Waals surface area contributed by atoms with Gasteiger partial charge in [0, 0.05) is 29.7 Å². The molecule has 1 amide bonds. The number of sulfone groups is 1. The van der Waals surface area contributed by atoms with Crippen LogP contribution in [0.4, 0.5) is 4.79 Å². The van der Waals surface area contributed by atoms with E-state index in [-0.39, 0.29) is 18.0 Å². The van der Waals surface area contributed by atoms with Gasteiger partial charge in [-0.1, -0.05) is 18.2 Å². The van der Waals surface area contributed by atoms with E-state index in [1.807, 2.05) is 37.3 Å². The molecule has 0 radical (unpaired) electrons. The number of amides is 1. The lowest BCUT2D eigenvalue weighted by Gasteiger charge is -2.47. The zero-order valence-electron chi connectivity index (χ0n) is 22.2. The predicted octanol–water partition coefficient (Wildman–Crippen LogP) is 4.31. The highest BCUT2D eigenvalue weighted by molar-refractivity contribution is 7.91. The van der Waals surface area contributed by atoms with Crippen molar-refractivity contribution < 1.29 is 32.2 Å². The van der Waals surface area contributed by atoms with Gasteiger partial charge >= 0.3 is 12.1 Å². The molecular weight excluding hydrogens is 508 g/mol. The molecule has 1 aliphatic rings. The minimum absolute atomic E-state index is 0.0500. The van der Waals surface area contributed by atoms with Crippen LogP contribution in [0.1, 0.15) is 32.0 Å². The van der Waals surface area contributed by atoms with Crippen LogP contribution in [0.15, 0.2) is 59.5 Å². The summed E-state index contributed by atoms with van der Waals surface area (Å²) in [5.41, 5.74) is 0.668. The van der Waals surface area contributed by atoms with Crippen molar-refractivity contribution in [3.05, 3.63) is 65.9 Å². The fourth-order valence-corrected chi connectivity index (χ4v) is 6.25. The first-order valence-electron chi connectivity index (χ1n) is 12.2. The van der Waals surface area contributed by atoms with Gasteiger partial charge in [-0.25, -0.2) is 13.2 Å². The van der Waals surface area contributed by atoms with Gasteiger partial charge in [0.05, 0.1) is 23.3 Å². The van der Waals surface area contributed by atoms with Crippen LogP contribution in [0.2, 0.25) is 0 Å². The third kappa shape index (κ3) is 5.91. The monoisotopic (exact) mass is 540 g/mol. The molecule has 4 rings (SSSR count). The zero-order chi connectivity index (χ0) is 27.7. The first-order chi connectivity index (χ1) is 17.8. The molecule has 1 fully saturated rings. The molecule has 3 aromatic rings. The Bertz CT molecular complexity index is 1450. The van der Waals surface area contributed by atoms with Crippen molar-refractivity contribution in [2.24, 2.45) is 5.41 Å². The van der Waals surface area contributed by atoms with Crippen LogP contribution in [0, 0.1) is 12.3 Å². The van der Waals surface area contributed by atoms with Crippen molar-refractivity contribution in [2.45, 2.75) is 44.8 Å². The Morgan fingerprint density at radius 3 is 2.34 bits per heavy atom. The lowest BCUT2D eigenvalue weighted by molar-refractivity contribution is -0.160. The first kappa shape index (κ1) is 27.4. The van der Waals surface area contributed by atoms with Gasteiger partial charge in [0.2, 0.25) is 0 Å². The smallest absolute Gasteiger partial charge is 0.410 e. The molecule has 0 spiro atoms. The van der Waals surface area contributed by atoms with Crippen LogP contribution in [-0.4, -0.2) is 61.9 Å². The molecule has 10 heteroatoms. The van der Waals surface area contributed by atoms with Crippen molar-refractivity contribution in [2.75, 3.05) is 26.0 Å². The van der Waals surface area contributed by atoms with Gasteiger partial charge < -0.3 is 19.1 Å². The van der Waals surface area contributed by atoms with Crippen LogP contribution in [0.25, 0.3) is 10.9 Å². The molecule has 2 aromatic carbocycles. The van der Waals surface area contributed by atoms with Crippen molar-refractivity contribution in [1.29, 1.82) is 0 Å². The van der Waals surface area contributed by atoms with E-state index in [9.17, 15) is 18.0 Å². The summed E-state index contributed by atoms with van der Waals surface area (Å²) >= 11 is 0. The SMILES string of the molecule is COC(=O)C1(CS(=O)(=O)c2ccc(OCc3cc(C)nc4ccccc34)cc2)CN(C(=O)OC(C)(C)C)C1. The number of aryl methyl sites for hydroxylation is 1. The molecule has 38 heavy (non-hydrogen) atoms. The average Bonchev–Trinajstić information content (AvgIpc) is 2.83. The summed E-state index contributed by atoms with van der Waals surface area (Å²) in [5, 5.41) is 0.992. The highest BCUT2D eigenvalue weighted by Crippen LogP contribution is 2.36. The molecule has 1 aromatic heterocycles. The van der Waals surface area contributed by atoms with Crippen LogP contribution in [-0.2, 0) is 30.7 Å². The second-order valence-corrected chi connectivity index (χ2v) is 12.6. The summed E-state index contributed by atoms with van der Waals surface area (Å²) in [5.74, 6) is -0.667. The number of pyridine rings is 1. The molecule has 1 aliphatic heterocycles. The van der Waals surface area contributed by atoms with E-state index in [1.54, 1.807) is 32.9 Å². The quantitative estimate of drug-likeness (QED) is 0.408. The summed E-state index contributed by atoms with van der Waals surface area (Å²) in [7, 11) is -2.68. The Morgan fingerprint density at radius 2 is 1.71 bits per heavy atom. The third-order valence-electron chi connectivity index (χ3n) is 6.23. The number of carbonyl (C=O) groups excluding carboxylic acids is 2. The standard InChI is InChI=1S/C28H32N2O7S/c1-19-14-20(23-8-6-7-9-24(23)29-19)15-36-21-10-12-22(13-11-21)38(33,34)18-28(25(31)35-5)16-30(17-28)26(32)37-27(2,3)4/h6-14H,15-18H2,1-5H3. The number of para-hydroxylation sites is 1. The number of rotatable bonds is 7. The summed E-state index contributed by atoms with van der Waals surface area (Å²) < 4.78 is 42.7. The summed E-state index contributed by atoms with van der Waals surface area (Å²) in [6, 6.07) is 15.8. The van der Waals surface area contributed by atoms with Gasteiger partial charge in [-0.3, -0.25) is 9.78 Å². The molecule has 0 aliphatic carbocycles. The maximum absolute atomic E-state index is 13.3. The normalized spacial score (nSPS) is 15.0. The largest absolute Gasteiger partial charge is 0.489 e. The van der Waals surface area contributed by atoms with Crippen LogP contribution in [0.5, 0.6) is 5.75 Å². The number of fused-ring (bicyclic) bond motifs is 1. The topological polar surface area (TPSA) is 112 Å². The molecule has 0 atom stereocenters. The van der Waals surface area contributed by atoms with Crippen molar-refractivity contribution in [3.8, 4) is 5.75 Å². The minimum atomic E-state index is -3.88. The maximum atomic E-state index is 13.3. The molecule has 0 N–H and O–H groups in total. The van der Waals surface area contributed by atoms with Gasteiger partial charge in [-0.05, 0) is 64.1 Å². The predicted molar refractivity (Wildman–Crippen MR) is 142 cm³/mol. The van der Waals surface area contributed by atoms with Crippen molar-refractivity contribution >= 4 is 32.8 Å². The van der Waals surface area contributed by atoms with E-state index < -0.39 is 38.7 Å². The van der Waals surface area contributed by atoms with Crippen LogP contribution < -0.4 is 4.74 Å². The fourth-order valence-electron chi connectivity index (χ4n) is 4.50. The Labute approximate surface area is 222 Å². The molecular formula is C28H32N2O7S. The number of nitrogens with zero attached hydrogens (tertiary/aromatic N) is 2. The van der Waals surface area contributed by atoms with Gasteiger partial charge in [0.15, 0.2) is 9.84 Å². The summed E-state index contributed by atoms with van der Waals surface area (Å²) in [4.78, 5) is 30.8. The second kappa shape index (κ2) is 10.2. The number of ether oxygens (including phenoxy) is 3. The fraction of sp³-hybridized carbons (Fsp3) is 0.393. The number of carbonyl (C=O) groups is 2. The minimum Gasteiger partial charge on any atom is -0.489 e. The zero-order valence-corrected chi connectivity index (χ0v) is 23.0. The molecule has 202 valence electrons. The van der Waals surface area contributed by atoms with E-state index in [1.165, 1.54) is 24.1 Å². The van der Waals surface area contributed by atoms with E-state index in [0.717, 1.165) is 22.2 Å². The Hall–Kier alpha value is -3.66. The van der Waals surface area contributed by atoms with Crippen LogP contribution >= 0.6 is 0 Å². The van der Waals surface area contributed by atoms with Gasteiger partial charge in [0.25, 0.3) is 0 Å². The van der Waals surface area contributed by atoms with Crippen molar-refractivity contribution in [3.63, 3.8) is 0 Å². The number of methoxy groups -OCH3 is 1. The third-order valence-corrected chi connectivity index (χ3v) is 8.15. The molecule has 2 heterocycles. The maximum Gasteiger partial charge on any atom is 0.410 e. The van der Waals surface area contributed by atoms with Crippen molar-refractivity contribution in [1.82, 2.24) is 9.88 Å². The van der Waals surface area contributed by atoms with E-state index in [2.05, 4.69) is 4.98 Å². The van der Waals surface area contributed by atoms with E-state index in [4.69, 9.17) is 14.2 Å². The summed E-state index contributed by atoms with van der Waals surface area (Å²) in [6.45, 7) is 7.21. The number of hydrogen-bond acceptors (Lipinski definition) is 8. The molecule has 0 saturated carbocycles. The number of aromatic nitrogens is 1. The number of esters is 1. The molecule has 0 unspecified atom stereocenters. The number of benzene rings is 2. The molecule has 0 bridgehead atoms. The molecule has 9 nitrogen and oxygen atoms in total. The Kier molecular flexibility index (Phi) is 7.38. The van der Waals surface area contributed by atoms with E-state index in [0.29, 0.717) is 12.4 Å². The lowest BCUT2D eigenvalue weighted by Crippen LogP contribution is -2.65. The lowest BCUT2D eigenvalue weighted by atomic mass is 9.82. The first-order valence-corrected chi connectivity index (χ1v) is 13.8. The highest BCUT2D eigenvalue weighted by Gasteiger charge is 2.55. The summed E-state index contributed by atoms with van der Waals surface area (Å²) in [6.07, 6.45) is -0.604. The van der Waals surface area contributed by atoms with Crippen LogP contribution in [0.3, 0.4) is 0 Å².